The zero-order chi connectivity index (χ0) is 22.9. The quantitative estimate of drug-likeness (QED) is 0.502. The average Bonchev–Trinajstić information content (AvgIpc) is 2.73. The minimum absolute atomic E-state index is 0.135. The van der Waals surface area contributed by atoms with Gasteiger partial charge in [0.2, 0.25) is 15.9 Å². The fourth-order valence-corrected chi connectivity index (χ4v) is 4.11. The van der Waals surface area contributed by atoms with Crippen molar-refractivity contribution in [1.82, 2.24) is 5.32 Å². The van der Waals surface area contributed by atoms with Crippen molar-refractivity contribution in [3.8, 4) is 11.5 Å². The number of para-hydroxylation sites is 1. The molecule has 2 aromatic carbocycles. The molecule has 0 spiro atoms. The van der Waals surface area contributed by atoms with Gasteiger partial charge in [-0.2, -0.15) is 0 Å². The Kier molecular flexibility index (Phi) is 9.18. The van der Waals surface area contributed by atoms with E-state index in [1.807, 2.05) is 24.3 Å². The van der Waals surface area contributed by atoms with Crippen LogP contribution in [0.4, 0.5) is 5.69 Å². The number of ether oxygens (including phenoxy) is 2. The first-order valence-electron chi connectivity index (χ1n) is 10.3. The van der Waals surface area contributed by atoms with Gasteiger partial charge in [-0.15, -0.1) is 0 Å². The second-order valence-corrected chi connectivity index (χ2v) is 9.43. The number of carbonyl (C=O) groups is 1. The number of sulfonamides is 1. The molecule has 7 nitrogen and oxygen atoms in total. The summed E-state index contributed by atoms with van der Waals surface area (Å²) < 4.78 is 36.5. The summed E-state index contributed by atoms with van der Waals surface area (Å²) in [6.07, 6.45) is 1.79. The topological polar surface area (TPSA) is 84.9 Å². The van der Waals surface area contributed by atoms with Crippen LogP contribution in [0.1, 0.15) is 38.2 Å². The summed E-state index contributed by atoms with van der Waals surface area (Å²) in [7, 11) is -1.91. The Morgan fingerprint density at radius 3 is 2.39 bits per heavy atom. The van der Waals surface area contributed by atoms with Gasteiger partial charge in [0.05, 0.1) is 25.6 Å². The lowest BCUT2D eigenvalue weighted by Gasteiger charge is -2.22. The van der Waals surface area contributed by atoms with Crippen LogP contribution >= 0.6 is 0 Å². The van der Waals surface area contributed by atoms with Crippen LogP contribution in [0.5, 0.6) is 11.5 Å². The minimum atomic E-state index is -3.46. The molecule has 0 fully saturated rings. The summed E-state index contributed by atoms with van der Waals surface area (Å²) in [6, 6.07) is 14.7. The van der Waals surface area contributed by atoms with Crippen LogP contribution in [-0.2, 0) is 14.8 Å². The van der Waals surface area contributed by atoms with Crippen molar-refractivity contribution in [3.05, 3.63) is 54.1 Å². The number of amides is 1. The third kappa shape index (κ3) is 7.79. The molecule has 0 saturated heterocycles. The Balaban J connectivity index is 1.78. The number of benzene rings is 2. The van der Waals surface area contributed by atoms with E-state index in [9.17, 15) is 13.2 Å². The molecule has 0 radical (unpaired) electrons. The second-order valence-electron chi connectivity index (χ2n) is 7.53. The van der Waals surface area contributed by atoms with E-state index in [0.29, 0.717) is 36.9 Å². The van der Waals surface area contributed by atoms with Crippen LogP contribution in [0.15, 0.2) is 48.5 Å². The van der Waals surface area contributed by atoms with Crippen LogP contribution in [0.3, 0.4) is 0 Å². The van der Waals surface area contributed by atoms with Crippen LogP contribution in [-0.4, -0.2) is 47.4 Å². The number of nitrogens with zero attached hydrogens (tertiary/aromatic N) is 1. The molecule has 170 valence electrons. The van der Waals surface area contributed by atoms with E-state index < -0.39 is 10.0 Å². The van der Waals surface area contributed by atoms with Crippen LogP contribution in [0.2, 0.25) is 0 Å². The van der Waals surface area contributed by atoms with Gasteiger partial charge < -0.3 is 14.8 Å². The van der Waals surface area contributed by atoms with E-state index in [0.717, 1.165) is 17.6 Å². The summed E-state index contributed by atoms with van der Waals surface area (Å²) in [5, 5.41) is 2.82. The molecule has 0 unspecified atom stereocenters. The molecule has 8 heteroatoms. The lowest BCUT2D eigenvalue weighted by Crippen LogP contribution is -2.32. The fraction of sp³-hybridized carbons (Fsp3) is 0.435. The summed E-state index contributed by atoms with van der Waals surface area (Å²) in [5.74, 6) is 1.70. The Morgan fingerprint density at radius 2 is 1.77 bits per heavy atom. The van der Waals surface area contributed by atoms with Gasteiger partial charge in [-0.25, -0.2) is 8.42 Å². The third-order valence-corrected chi connectivity index (χ3v) is 5.94. The van der Waals surface area contributed by atoms with Crippen LogP contribution in [0, 0.1) is 0 Å². The molecule has 0 heterocycles. The van der Waals surface area contributed by atoms with Crippen LogP contribution < -0.4 is 19.1 Å². The van der Waals surface area contributed by atoms with E-state index in [1.54, 1.807) is 31.4 Å². The highest BCUT2D eigenvalue weighted by Crippen LogP contribution is 2.25. The Hall–Kier alpha value is -2.74. The summed E-state index contributed by atoms with van der Waals surface area (Å²) in [6.45, 7) is 5.19. The minimum Gasteiger partial charge on any atom is -0.497 e. The molecule has 0 aliphatic heterocycles. The summed E-state index contributed by atoms with van der Waals surface area (Å²) in [4.78, 5) is 12.1. The number of anilines is 1. The summed E-state index contributed by atoms with van der Waals surface area (Å²) >= 11 is 0. The lowest BCUT2D eigenvalue weighted by molar-refractivity contribution is -0.121. The van der Waals surface area contributed by atoms with E-state index in [4.69, 9.17) is 9.47 Å². The molecule has 0 bridgehead atoms. The number of hydrogen-bond acceptors (Lipinski definition) is 5. The van der Waals surface area contributed by atoms with E-state index >= 15 is 0 Å². The third-order valence-electron chi connectivity index (χ3n) is 4.75. The monoisotopic (exact) mass is 448 g/mol. The number of nitrogens with one attached hydrogen (secondary N) is 1. The van der Waals surface area contributed by atoms with Gasteiger partial charge in [-0.05, 0) is 48.2 Å². The Labute approximate surface area is 185 Å². The van der Waals surface area contributed by atoms with Gasteiger partial charge in [0.25, 0.3) is 0 Å². The molecule has 0 aliphatic rings. The molecular weight excluding hydrogens is 416 g/mol. The second kappa shape index (κ2) is 11.6. The van der Waals surface area contributed by atoms with Crippen molar-refractivity contribution < 1.29 is 22.7 Å². The Bertz CT molecular complexity index is 943. The predicted octanol–water partition coefficient (Wildman–Crippen LogP) is 3.56. The standard InChI is InChI=1S/C23H32N2O5S/c1-18(2)21-8-5-6-9-22(21)30-17-15-24-23(26)10-7-16-25(31(4,27)28)19-11-13-20(29-3)14-12-19/h5-6,8-9,11-14,18H,7,10,15-17H2,1-4H3,(H,24,26). The number of rotatable bonds is 12. The van der Waals surface area contributed by atoms with Gasteiger partial charge in [-0.3, -0.25) is 9.10 Å². The highest BCUT2D eigenvalue weighted by molar-refractivity contribution is 7.92. The maximum Gasteiger partial charge on any atom is 0.232 e. The van der Waals surface area contributed by atoms with Crippen molar-refractivity contribution in [2.45, 2.75) is 32.6 Å². The summed E-state index contributed by atoms with van der Waals surface area (Å²) in [5.41, 5.74) is 1.68. The lowest BCUT2D eigenvalue weighted by atomic mass is 10.0. The van der Waals surface area contributed by atoms with Crippen LogP contribution in [0.25, 0.3) is 0 Å². The van der Waals surface area contributed by atoms with E-state index in [2.05, 4.69) is 19.2 Å². The van der Waals surface area contributed by atoms with Crippen molar-refractivity contribution in [3.63, 3.8) is 0 Å². The molecule has 2 aromatic rings. The van der Waals surface area contributed by atoms with Gasteiger partial charge in [0.15, 0.2) is 0 Å². The number of hydrogen-bond donors (Lipinski definition) is 1. The first-order valence-corrected chi connectivity index (χ1v) is 12.2. The first-order chi connectivity index (χ1) is 14.7. The zero-order valence-electron chi connectivity index (χ0n) is 18.6. The highest BCUT2D eigenvalue weighted by atomic mass is 32.2. The van der Waals surface area contributed by atoms with Gasteiger partial charge in [0.1, 0.15) is 18.1 Å². The maximum atomic E-state index is 12.2. The predicted molar refractivity (Wildman–Crippen MR) is 123 cm³/mol. The molecule has 31 heavy (non-hydrogen) atoms. The SMILES string of the molecule is COc1ccc(N(CCCC(=O)NCCOc2ccccc2C(C)C)S(C)(=O)=O)cc1. The highest BCUT2D eigenvalue weighted by Gasteiger charge is 2.17. The van der Waals surface area contributed by atoms with Gasteiger partial charge in [-0.1, -0.05) is 32.0 Å². The van der Waals surface area contributed by atoms with E-state index in [1.165, 1.54) is 4.31 Å². The number of carbonyl (C=O) groups excluding carboxylic acids is 1. The Morgan fingerprint density at radius 1 is 1.10 bits per heavy atom. The molecular formula is C23H32N2O5S. The normalized spacial score (nSPS) is 11.3. The van der Waals surface area contributed by atoms with Gasteiger partial charge in [0, 0.05) is 13.0 Å². The molecule has 2 rings (SSSR count). The molecule has 0 atom stereocenters. The molecule has 1 amide bonds. The molecule has 0 aliphatic carbocycles. The largest absolute Gasteiger partial charge is 0.497 e. The van der Waals surface area contributed by atoms with Crippen molar-refractivity contribution in [2.24, 2.45) is 0 Å². The van der Waals surface area contributed by atoms with Crippen molar-refractivity contribution in [2.75, 3.05) is 37.4 Å². The average molecular weight is 449 g/mol. The molecule has 0 aromatic heterocycles. The van der Waals surface area contributed by atoms with Crippen molar-refractivity contribution >= 4 is 21.6 Å². The first kappa shape index (κ1) is 24.5. The molecule has 0 saturated carbocycles. The fourth-order valence-electron chi connectivity index (χ4n) is 3.15. The maximum absolute atomic E-state index is 12.2. The van der Waals surface area contributed by atoms with Crippen molar-refractivity contribution in [1.29, 1.82) is 0 Å². The zero-order valence-corrected chi connectivity index (χ0v) is 19.4. The van der Waals surface area contributed by atoms with E-state index in [-0.39, 0.29) is 18.9 Å². The molecule has 1 N–H and O–H groups in total. The smallest absolute Gasteiger partial charge is 0.232 e. The van der Waals surface area contributed by atoms with Gasteiger partial charge >= 0.3 is 0 Å². The number of methoxy groups -OCH3 is 1.